The van der Waals surface area contributed by atoms with E-state index < -0.39 is 0 Å². The van der Waals surface area contributed by atoms with Gasteiger partial charge in [0.1, 0.15) is 0 Å². The molecule has 3 N–H and O–H groups in total. The number of aryl methyl sites for hydroxylation is 1. The van der Waals surface area contributed by atoms with Gasteiger partial charge >= 0.3 is 0 Å². The molecule has 2 heterocycles. The van der Waals surface area contributed by atoms with Crippen molar-refractivity contribution in [2.45, 2.75) is 64.2 Å². The molecule has 0 unspecified atom stereocenters. The average molecular weight is 406 g/mol. The zero-order chi connectivity index (χ0) is 19.1. The summed E-state index contributed by atoms with van der Waals surface area (Å²) < 4.78 is 5.40. The quantitative estimate of drug-likeness (QED) is 0.338. The lowest BCUT2D eigenvalue weighted by Crippen LogP contribution is -2.51. The van der Waals surface area contributed by atoms with E-state index in [1.165, 1.54) is 50.5 Å². The molecule has 1 aliphatic heterocycles. The highest BCUT2D eigenvalue weighted by Gasteiger charge is 2.33. The summed E-state index contributed by atoms with van der Waals surface area (Å²) in [5.74, 6) is 1.54. The van der Waals surface area contributed by atoms with E-state index in [1.807, 2.05) is 0 Å². The summed E-state index contributed by atoms with van der Waals surface area (Å²) in [5.41, 5.74) is 7.81. The topological polar surface area (TPSA) is 92.0 Å². The van der Waals surface area contributed by atoms with Gasteiger partial charge in [-0.05, 0) is 18.4 Å². The number of likely N-dealkylation sites (tertiary alicyclic amines) is 1. The van der Waals surface area contributed by atoms with E-state index in [9.17, 15) is 0 Å². The predicted octanol–water partition coefficient (Wildman–Crippen LogP) is 4.74. The van der Waals surface area contributed by atoms with E-state index in [-0.39, 0.29) is 24.3 Å². The number of rotatable bonds is 10. The fraction of sp³-hybridized carbons (Fsp3) is 0.571. The second-order valence-corrected chi connectivity index (χ2v) is 7.51. The van der Waals surface area contributed by atoms with Crippen LogP contribution in [0.5, 0.6) is 0 Å². The van der Waals surface area contributed by atoms with Gasteiger partial charge in [-0.2, -0.15) is 4.98 Å². The van der Waals surface area contributed by atoms with E-state index in [4.69, 9.17) is 15.7 Å². The number of hydrogen-bond donors (Lipinski definition) is 2. The zero-order valence-electron chi connectivity index (χ0n) is 16.7. The lowest BCUT2D eigenvalue weighted by Gasteiger charge is -2.37. The first kappa shape index (κ1) is 22.2. The van der Waals surface area contributed by atoms with Crippen molar-refractivity contribution in [2.24, 2.45) is 5.73 Å². The van der Waals surface area contributed by atoms with Crippen LogP contribution in [0.15, 0.2) is 28.8 Å². The highest BCUT2D eigenvalue weighted by atomic mass is 35.5. The van der Waals surface area contributed by atoms with Gasteiger partial charge in [-0.15, -0.1) is 12.4 Å². The molecule has 6 nitrogen and oxygen atoms in total. The van der Waals surface area contributed by atoms with Crippen LogP contribution in [0.1, 0.15) is 69.2 Å². The molecule has 1 aromatic heterocycles. The summed E-state index contributed by atoms with van der Waals surface area (Å²) in [7, 11) is 0. The SMILES string of the molecule is CCCCCCCCCc1ccc(-c2noc(C3CN(C(=N)N)C3)n2)cc1.Cl. The number of unbranched alkanes of at least 4 members (excludes halogenated alkanes) is 6. The Bertz CT molecular complexity index is 725. The monoisotopic (exact) mass is 405 g/mol. The van der Waals surface area contributed by atoms with Gasteiger partial charge in [0, 0.05) is 18.7 Å². The summed E-state index contributed by atoms with van der Waals surface area (Å²) in [6.07, 6.45) is 10.5. The number of aromatic nitrogens is 2. The molecule has 0 atom stereocenters. The van der Waals surface area contributed by atoms with Crippen LogP contribution in [-0.2, 0) is 6.42 Å². The van der Waals surface area contributed by atoms with Gasteiger partial charge in [-0.1, -0.05) is 74.9 Å². The smallest absolute Gasteiger partial charge is 0.233 e. The Labute approximate surface area is 173 Å². The van der Waals surface area contributed by atoms with Crippen molar-refractivity contribution < 1.29 is 4.52 Å². The largest absolute Gasteiger partial charge is 0.370 e. The average Bonchev–Trinajstić information content (AvgIpc) is 3.09. The fourth-order valence-corrected chi connectivity index (χ4v) is 3.46. The Morgan fingerprint density at radius 1 is 1.11 bits per heavy atom. The van der Waals surface area contributed by atoms with E-state index >= 15 is 0 Å². The molecule has 1 fully saturated rings. The van der Waals surface area contributed by atoms with Gasteiger partial charge in [0.25, 0.3) is 0 Å². The first-order valence-corrected chi connectivity index (χ1v) is 10.2. The number of hydrogen-bond acceptors (Lipinski definition) is 4. The molecule has 7 heteroatoms. The lowest BCUT2D eigenvalue weighted by molar-refractivity contribution is 0.203. The van der Waals surface area contributed by atoms with Crippen molar-refractivity contribution in [1.82, 2.24) is 15.0 Å². The van der Waals surface area contributed by atoms with Crippen LogP contribution in [0.3, 0.4) is 0 Å². The molecule has 0 saturated carbocycles. The molecular formula is C21H32ClN5O. The van der Waals surface area contributed by atoms with Gasteiger partial charge in [0.15, 0.2) is 5.96 Å². The van der Waals surface area contributed by atoms with Gasteiger partial charge in [0.2, 0.25) is 11.7 Å². The van der Waals surface area contributed by atoms with E-state index in [0.717, 1.165) is 12.0 Å². The molecule has 2 aromatic rings. The van der Waals surface area contributed by atoms with Crippen molar-refractivity contribution in [1.29, 1.82) is 5.41 Å². The third-order valence-electron chi connectivity index (χ3n) is 5.29. The normalized spacial score (nSPS) is 13.8. The minimum atomic E-state index is 0. The molecule has 3 rings (SSSR count). The third kappa shape index (κ3) is 5.96. The van der Waals surface area contributed by atoms with Crippen molar-refractivity contribution in [2.75, 3.05) is 13.1 Å². The molecule has 1 aliphatic rings. The molecule has 1 saturated heterocycles. The number of nitrogens with zero attached hydrogens (tertiary/aromatic N) is 3. The summed E-state index contributed by atoms with van der Waals surface area (Å²) in [5, 5.41) is 11.5. The maximum Gasteiger partial charge on any atom is 0.233 e. The van der Waals surface area contributed by atoms with Gasteiger partial charge < -0.3 is 15.2 Å². The molecule has 0 amide bonds. The van der Waals surface area contributed by atoms with E-state index in [0.29, 0.717) is 24.8 Å². The van der Waals surface area contributed by atoms with Crippen LogP contribution < -0.4 is 5.73 Å². The molecule has 0 aliphatic carbocycles. The Balaban J connectivity index is 0.00000280. The molecule has 0 radical (unpaired) electrons. The zero-order valence-corrected chi connectivity index (χ0v) is 17.5. The Hall–Kier alpha value is -2.08. The van der Waals surface area contributed by atoms with Crippen molar-refractivity contribution in [3.05, 3.63) is 35.7 Å². The molecule has 0 spiro atoms. The van der Waals surface area contributed by atoms with Gasteiger partial charge in [-0.25, -0.2) is 0 Å². The molecule has 28 heavy (non-hydrogen) atoms. The number of nitrogens with one attached hydrogen (secondary N) is 1. The van der Waals surface area contributed by atoms with Crippen LogP contribution in [0, 0.1) is 5.41 Å². The second kappa shape index (κ2) is 11.1. The van der Waals surface area contributed by atoms with Crippen LogP contribution in [0.4, 0.5) is 0 Å². The van der Waals surface area contributed by atoms with Crippen molar-refractivity contribution in [3.8, 4) is 11.4 Å². The van der Waals surface area contributed by atoms with Crippen molar-refractivity contribution in [3.63, 3.8) is 0 Å². The molecular weight excluding hydrogens is 374 g/mol. The lowest BCUT2D eigenvalue weighted by atomic mass is 10.0. The number of halogens is 1. The van der Waals surface area contributed by atoms with Crippen LogP contribution in [0.2, 0.25) is 0 Å². The maximum atomic E-state index is 7.40. The molecule has 0 bridgehead atoms. The predicted molar refractivity (Wildman–Crippen MR) is 115 cm³/mol. The summed E-state index contributed by atoms with van der Waals surface area (Å²) in [4.78, 5) is 6.31. The molecule has 1 aromatic carbocycles. The van der Waals surface area contributed by atoms with Crippen LogP contribution in [-0.4, -0.2) is 34.1 Å². The first-order valence-electron chi connectivity index (χ1n) is 10.2. The van der Waals surface area contributed by atoms with Crippen LogP contribution >= 0.6 is 12.4 Å². The minimum absolute atomic E-state index is 0. The van der Waals surface area contributed by atoms with E-state index in [1.54, 1.807) is 4.90 Å². The summed E-state index contributed by atoms with van der Waals surface area (Å²) in [6, 6.07) is 8.49. The standard InChI is InChI=1S/C21H31N5O.ClH/c1-2-3-4-5-6-7-8-9-16-10-12-17(13-11-16)19-24-20(27-25-19)18-14-26(15-18)21(22)23;/h10-13,18H,2-9,14-15H2,1H3,(H3,22,23);1H. The third-order valence-corrected chi connectivity index (χ3v) is 5.29. The fourth-order valence-electron chi connectivity index (χ4n) is 3.46. The Kier molecular flexibility index (Phi) is 8.77. The number of nitrogens with two attached hydrogens (primary N) is 1. The highest BCUT2D eigenvalue weighted by molar-refractivity contribution is 5.85. The maximum absolute atomic E-state index is 7.40. The Morgan fingerprint density at radius 3 is 2.39 bits per heavy atom. The highest BCUT2D eigenvalue weighted by Crippen LogP contribution is 2.27. The Morgan fingerprint density at radius 2 is 1.75 bits per heavy atom. The number of benzene rings is 1. The first-order chi connectivity index (χ1) is 13.2. The number of guanidine groups is 1. The van der Waals surface area contributed by atoms with Gasteiger partial charge in [0.05, 0.1) is 5.92 Å². The summed E-state index contributed by atoms with van der Waals surface area (Å²) >= 11 is 0. The van der Waals surface area contributed by atoms with Gasteiger partial charge in [-0.3, -0.25) is 5.41 Å². The second-order valence-electron chi connectivity index (χ2n) is 7.51. The summed E-state index contributed by atoms with van der Waals surface area (Å²) in [6.45, 7) is 3.61. The van der Waals surface area contributed by atoms with Crippen LogP contribution in [0.25, 0.3) is 11.4 Å². The molecule has 154 valence electrons. The van der Waals surface area contributed by atoms with E-state index in [2.05, 4.69) is 41.3 Å². The van der Waals surface area contributed by atoms with Crippen molar-refractivity contribution >= 4 is 18.4 Å². The minimum Gasteiger partial charge on any atom is -0.370 e.